The van der Waals surface area contributed by atoms with Crippen molar-refractivity contribution in [1.29, 1.82) is 0 Å². The number of aliphatic hydroxyl groups is 1. The Morgan fingerprint density at radius 3 is 2.35 bits per heavy atom. The van der Waals surface area contributed by atoms with Crippen LogP contribution in [0.3, 0.4) is 0 Å². The van der Waals surface area contributed by atoms with Gasteiger partial charge in [-0.15, -0.1) is 0 Å². The summed E-state index contributed by atoms with van der Waals surface area (Å²) in [6.07, 6.45) is 8.96. The first-order chi connectivity index (χ1) is 11.0. The zero-order valence-corrected chi connectivity index (χ0v) is 15.4. The van der Waals surface area contributed by atoms with Gasteiger partial charge < -0.3 is 9.84 Å². The maximum absolute atomic E-state index is 10.3. The van der Waals surface area contributed by atoms with Crippen molar-refractivity contribution in [2.45, 2.75) is 78.2 Å². The van der Waals surface area contributed by atoms with Crippen LogP contribution in [0.4, 0.5) is 0 Å². The Bertz CT molecular complexity index is 455. The highest BCUT2D eigenvalue weighted by Crippen LogP contribution is 2.23. The molecule has 0 spiro atoms. The molecule has 0 aliphatic carbocycles. The van der Waals surface area contributed by atoms with E-state index in [4.69, 9.17) is 4.74 Å². The van der Waals surface area contributed by atoms with E-state index in [0.717, 1.165) is 57.3 Å². The van der Waals surface area contributed by atoms with Crippen molar-refractivity contribution in [3.63, 3.8) is 0 Å². The summed E-state index contributed by atoms with van der Waals surface area (Å²) in [6, 6.07) is 8.34. The molecule has 1 N–H and O–H groups in total. The molecule has 0 radical (unpaired) electrons. The highest BCUT2D eigenvalue weighted by Gasteiger charge is 2.20. The van der Waals surface area contributed by atoms with Gasteiger partial charge in [-0.3, -0.25) is 0 Å². The van der Waals surface area contributed by atoms with Crippen LogP contribution < -0.4 is 4.74 Å². The SMILES string of the molecule is CCc1ccc(OCCC=C(C)CCCC(O)(CC)CC)cc1. The Hall–Kier alpha value is -1.28. The fourth-order valence-electron chi connectivity index (χ4n) is 2.71. The zero-order chi connectivity index (χ0) is 17.1. The van der Waals surface area contributed by atoms with E-state index in [1.54, 1.807) is 0 Å². The van der Waals surface area contributed by atoms with Crippen LogP contribution in [0, 0.1) is 0 Å². The van der Waals surface area contributed by atoms with Crippen LogP contribution in [-0.4, -0.2) is 17.3 Å². The number of allylic oxidation sites excluding steroid dienone is 1. The lowest BCUT2D eigenvalue weighted by Crippen LogP contribution is -2.26. The molecule has 2 heteroatoms. The molecule has 2 nitrogen and oxygen atoms in total. The fourth-order valence-corrected chi connectivity index (χ4v) is 2.71. The summed E-state index contributed by atoms with van der Waals surface area (Å²) < 4.78 is 5.76. The van der Waals surface area contributed by atoms with Gasteiger partial charge in [-0.1, -0.05) is 44.6 Å². The molecule has 0 aliphatic heterocycles. The summed E-state index contributed by atoms with van der Waals surface area (Å²) in [7, 11) is 0. The molecule has 1 aromatic rings. The van der Waals surface area contributed by atoms with Gasteiger partial charge in [0.15, 0.2) is 0 Å². The normalized spacial score (nSPS) is 12.5. The predicted octanol–water partition coefficient (Wildman–Crippen LogP) is 5.69. The van der Waals surface area contributed by atoms with Crippen molar-refractivity contribution in [3.05, 3.63) is 41.5 Å². The van der Waals surface area contributed by atoms with Crippen LogP contribution in [-0.2, 0) is 6.42 Å². The Balaban J connectivity index is 2.23. The van der Waals surface area contributed by atoms with E-state index in [2.05, 4.69) is 45.9 Å². The largest absolute Gasteiger partial charge is 0.493 e. The summed E-state index contributed by atoms with van der Waals surface area (Å²) in [4.78, 5) is 0. The van der Waals surface area contributed by atoms with Gasteiger partial charge in [0.2, 0.25) is 0 Å². The third kappa shape index (κ3) is 7.69. The van der Waals surface area contributed by atoms with E-state index in [1.165, 1.54) is 11.1 Å². The molecule has 23 heavy (non-hydrogen) atoms. The fraction of sp³-hybridized carbons (Fsp3) is 0.619. The second-order valence-corrected chi connectivity index (χ2v) is 6.47. The number of hydrogen-bond acceptors (Lipinski definition) is 2. The van der Waals surface area contributed by atoms with Crippen molar-refractivity contribution >= 4 is 0 Å². The van der Waals surface area contributed by atoms with Crippen molar-refractivity contribution in [1.82, 2.24) is 0 Å². The molecule has 0 saturated carbocycles. The summed E-state index contributed by atoms with van der Waals surface area (Å²) in [5.41, 5.74) is 2.27. The van der Waals surface area contributed by atoms with Crippen LogP contribution in [0.2, 0.25) is 0 Å². The molecular formula is C21H34O2. The third-order valence-corrected chi connectivity index (χ3v) is 4.74. The van der Waals surface area contributed by atoms with E-state index in [9.17, 15) is 5.11 Å². The monoisotopic (exact) mass is 318 g/mol. The minimum Gasteiger partial charge on any atom is -0.493 e. The number of benzene rings is 1. The van der Waals surface area contributed by atoms with Crippen molar-refractivity contribution in [2.75, 3.05) is 6.61 Å². The van der Waals surface area contributed by atoms with Crippen molar-refractivity contribution in [2.24, 2.45) is 0 Å². The molecule has 0 aromatic heterocycles. The minimum atomic E-state index is -0.464. The third-order valence-electron chi connectivity index (χ3n) is 4.74. The smallest absolute Gasteiger partial charge is 0.119 e. The van der Waals surface area contributed by atoms with Crippen LogP contribution in [0.5, 0.6) is 5.75 Å². The van der Waals surface area contributed by atoms with Gasteiger partial charge in [0.05, 0.1) is 12.2 Å². The summed E-state index contributed by atoms with van der Waals surface area (Å²) >= 11 is 0. The van der Waals surface area contributed by atoms with Crippen LogP contribution in [0.25, 0.3) is 0 Å². The second kappa shape index (κ2) is 10.5. The molecule has 1 rings (SSSR count). The minimum absolute atomic E-state index is 0.464. The van der Waals surface area contributed by atoms with E-state index in [0.29, 0.717) is 0 Å². The van der Waals surface area contributed by atoms with Gasteiger partial charge in [-0.05, 0) is 69.6 Å². The first-order valence-electron chi connectivity index (χ1n) is 9.12. The molecule has 0 fully saturated rings. The molecule has 1 aromatic carbocycles. The Morgan fingerprint density at radius 2 is 1.78 bits per heavy atom. The summed E-state index contributed by atoms with van der Waals surface area (Å²) in [5, 5.41) is 10.3. The highest BCUT2D eigenvalue weighted by atomic mass is 16.5. The molecule has 0 atom stereocenters. The Morgan fingerprint density at radius 1 is 1.13 bits per heavy atom. The van der Waals surface area contributed by atoms with Crippen molar-refractivity contribution < 1.29 is 9.84 Å². The lowest BCUT2D eigenvalue weighted by molar-refractivity contribution is 0.0218. The summed E-state index contributed by atoms with van der Waals surface area (Å²) in [6.45, 7) is 9.18. The number of rotatable bonds is 11. The highest BCUT2D eigenvalue weighted by molar-refractivity contribution is 5.27. The molecule has 0 unspecified atom stereocenters. The molecule has 0 saturated heterocycles. The average Bonchev–Trinajstić information content (AvgIpc) is 2.59. The van der Waals surface area contributed by atoms with E-state index >= 15 is 0 Å². The maximum atomic E-state index is 10.3. The number of hydrogen-bond donors (Lipinski definition) is 1. The van der Waals surface area contributed by atoms with E-state index in [-0.39, 0.29) is 0 Å². The lowest BCUT2D eigenvalue weighted by atomic mass is 9.90. The number of aryl methyl sites for hydroxylation is 1. The molecular weight excluding hydrogens is 284 g/mol. The maximum Gasteiger partial charge on any atom is 0.119 e. The van der Waals surface area contributed by atoms with Gasteiger partial charge >= 0.3 is 0 Å². The molecule has 130 valence electrons. The van der Waals surface area contributed by atoms with Gasteiger partial charge in [0.1, 0.15) is 5.75 Å². The quantitative estimate of drug-likeness (QED) is 0.420. The van der Waals surface area contributed by atoms with E-state index in [1.807, 2.05) is 12.1 Å². The predicted molar refractivity (Wildman–Crippen MR) is 99.1 cm³/mol. The van der Waals surface area contributed by atoms with Crippen LogP contribution in [0.15, 0.2) is 35.9 Å². The summed E-state index contributed by atoms with van der Waals surface area (Å²) in [5.74, 6) is 0.948. The topological polar surface area (TPSA) is 29.5 Å². The first kappa shape index (κ1) is 19.8. The standard InChI is InChI=1S/C21H34O2/c1-5-19-12-14-20(15-13-19)23-17-9-11-18(4)10-8-16-21(22,6-2)7-3/h11-15,22H,5-10,16-17H2,1-4H3. The van der Waals surface area contributed by atoms with Gasteiger partial charge in [0, 0.05) is 0 Å². The molecule has 0 aliphatic rings. The molecule has 0 heterocycles. The van der Waals surface area contributed by atoms with Gasteiger partial charge in [0.25, 0.3) is 0 Å². The zero-order valence-electron chi connectivity index (χ0n) is 15.4. The van der Waals surface area contributed by atoms with Crippen molar-refractivity contribution in [3.8, 4) is 5.75 Å². The molecule has 0 amide bonds. The second-order valence-electron chi connectivity index (χ2n) is 6.47. The number of ether oxygens (including phenoxy) is 1. The van der Waals surface area contributed by atoms with Crippen LogP contribution >= 0.6 is 0 Å². The lowest BCUT2D eigenvalue weighted by Gasteiger charge is -2.25. The Labute approximate surface area is 142 Å². The van der Waals surface area contributed by atoms with Gasteiger partial charge in [-0.25, -0.2) is 0 Å². The van der Waals surface area contributed by atoms with Crippen LogP contribution in [0.1, 0.15) is 71.8 Å². The van der Waals surface area contributed by atoms with E-state index < -0.39 is 5.60 Å². The average molecular weight is 319 g/mol. The molecule has 0 bridgehead atoms. The first-order valence-corrected chi connectivity index (χ1v) is 9.12. The van der Waals surface area contributed by atoms with Gasteiger partial charge in [-0.2, -0.15) is 0 Å². The Kier molecular flexibility index (Phi) is 9.01.